The second kappa shape index (κ2) is 11.7. The van der Waals surface area contributed by atoms with E-state index in [1.807, 2.05) is 0 Å². The Labute approximate surface area is 96.7 Å². The fourth-order valence-electron chi connectivity index (χ4n) is 0.858. The minimum Gasteiger partial charge on any atom is -0.478 e. The van der Waals surface area contributed by atoms with Gasteiger partial charge in [-0.3, -0.25) is 4.79 Å². The van der Waals surface area contributed by atoms with Gasteiger partial charge < -0.3 is 14.7 Å². The Balaban J connectivity index is 0. The summed E-state index contributed by atoms with van der Waals surface area (Å²) in [6.45, 7) is 12.0. The maximum atomic E-state index is 10.4. The molecular weight excluding hydrogens is 210 g/mol. The lowest BCUT2D eigenvalue weighted by Crippen LogP contribution is -2.27. The van der Waals surface area contributed by atoms with Gasteiger partial charge in [-0.15, -0.1) is 0 Å². The highest BCUT2D eigenvalue weighted by molar-refractivity contribution is 5.78. The first kappa shape index (κ1) is 17.0. The van der Waals surface area contributed by atoms with E-state index in [4.69, 9.17) is 9.84 Å². The van der Waals surface area contributed by atoms with Gasteiger partial charge in [0.2, 0.25) is 0 Å². The Bertz CT molecular complexity index is 212. The molecule has 0 heterocycles. The predicted molar refractivity (Wildman–Crippen MR) is 62.3 cm³/mol. The number of likely N-dealkylation sites (N-methyl/N-ethyl adjacent to an activating group) is 1. The number of nitrogens with zero attached hydrogens (tertiary/aromatic N) is 1. The maximum absolute atomic E-state index is 10.4. The molecule has 0 unspecified atom stereocenters. The number of hydrogen-bond acceptors (Lipinski definition) is 4. The predicted octanol–water partition coefficient (Wildman–Crippen LogP) is 1.15. The lowest BCUT2D eigenvalue weighted by atomic mass is 10.5. The molecule has 0 aliphatic heterocycles. The smallest absolute Gasteiger partial charge is 0.327 e. The van der Waals surface area contributed by atoms with E-state index in [2.05, 4.69) is 25.3 Å². The van der Waals surface area contributed by atoms with Crippen LogP contribution in [0.15, 0.2) is 12.7 Å². The Morgan fingerprint density at radius 1 is 1.38 bits per heavy atom. The number of carboxylic acid groups (broad SMARTS) is 1. The number of carbonyl (C=O) groups is 2. The molecule has 0 bridgehead atoms. The van der Waals surface area contributed by atoms with Gasteiger partial charge in [0.25, 0.3) is 0 Å². The molecule has 0 aliphatic rings. The van der Waals surface area contributed by atoms with Crippen LogP contribution in [0.2, 0.25) is 0 Å². The van der Waals surface area contributed by atoms with E-state index in [-0.39, 0.29) is 5.97 Å². The summed E-state index contributed by atoms with van der Waals surface area (Å²) in [5, 5.41) is 7.60. The molecule has 0 radical (unpaired) electrons. The van der Waals surface area contributed by atoms with Crippen molar-refractivity contribution in [3.8, 4) is 0 Å². The first-order valence-electron chi connectivity index (χ1n) is 5.18. The van der Waals surface area contributed by atoms with Gasteiger partial charge in [0.15, 0.2) is 0 Å². The Morgan fingerprint density at radius 3 is 2.06 bits per heavy atom. The van der Waals surface area contributed by atoms with E-state index in [0.717, 1.165) is 25.7 Å². The van der Waals surface area contributed by atoms with Gasteiger partial charge in [0.05, 0.1) is 0 Å². The third-order valence-corrected chi connectivity index (χ3v) is 1.78. The molecule has 0 spiro atoms. The molecule has 0 rings (SSSR count). The quantitative estimate of drug-likeness (QED) is 0.548. The fraction of sp³-hybridized carbons (Fsp3) is 0.636. The number of esters is 1. The fourth-order valence-corrected chi connectivity index (χ4v) is 0.858. The van der Waals surface area contributed by atoms with Crippen LogP contribution in [0.3, 0.4) is 0 Å². The summed E-state index contributed by atoms with van der Waals surface area (Å²) >= 11 is 0. The third kappa shape index (κ3) is 15.1. The normalized spacial score (nSPS) is 9.00. The van der Waals surface area contributed by atoms with Crippen molar-refractivity contribution in [3.05, 3.63) is 12.7 Å². The summed E-state index contributed by atoms with van der Waals surface area (Å²) in [5.74, 6) is -1.18. The first-order valence-corrected chi connectivity index (χ1v) is 5.18. The average Bonchev–Trinajstić information content (AvgIpc) is 2.25. The van der Waals surface area contributed by atoms with E-state index in [0.29, 0.717) is 6.61 Å². The highest BCUT2D eigenvalue weighted by Crippen LogP contribution is 1.86. The van der Waals surface area contributed by atoms with Crippen LogP contribution in [0.1, 0.15) is 20.8 Å². The zero-order valence-electron chi connectivity index (χ0n) is 10.2. The standard InChI is InChI=1S/C8H17NO2.C3H4O2/c1-4-9(5-2)6-7-11-8(3)10;1-2-3(4)5/h4-7H2,1-3H3;2H,1H2,(H,4,5). The van der Waals surface area contributed by atoms with Crippen LogP contribution in [0, 0.1) is 0 Å². The molecule has 0 aromatic carbocycles. The van der Waals surface area contributed by atoms with Gasteiger partial charge in [0, 0.05) is 19.5 Å². The maximum Gasteiger partial charge on any atom is 0.327 e. The van der Waals surface area contributed by atoms with Crippen LogP contribution >= 0.6 is 0 Å². The summed E-state index contributed by atoms with van der Waals surface area (Å²) in [6, 6.07) is 0. The molecule has 0 aliphatic carbocycles. The SMILES string of the molecule is C=CC(=O)O.CCN(CC)CCOC(C)=O. The second-order valence-electron chi connectivity index (χ2n) is 2.91. The lowest BCUT2D eigenvalue weighted by molar-refractivity contribution is -0.141. The molecule has 5 heteroatoms. The second-order valence-corrected chi connectivity index (χ2v) is 2.91. The summed E-state index contributed by atoms with van der Waals surface area (Å²) in [6.07, 6.45) is 0.833. The highest BCUT2D eigenvalue weighted by atomic mass is 16.5. The molecule has 0 amide bonds. The summed E-state index contributed by atoms with van der Waals surface area (Å²) < 4.78 is 4.80. The van der Waals surface area contributed by atoms with Crippen LogP contribution in [-0.2, 0) is 14.3 Å². The Morgan fingerprint density at radius 2 is 1.81 bits per heavy atom. The summed E-state index contributed by atoms with van der Waals surface area (Å²) in [4.78, 5) is 21.8. The molecule has 0 saturated carbocycles. The van der Waals surface area contributed by atoms with Crippen LogP contribution in [0.25, 0.3) is 0 Å². The van der Waals surface area contributed by atoms with Gasteiger partial charge in [-0.25, -0.2) is 4.79 Å². The van der Waals surface area contributed by atoms with Gasteiger partial charge >= 0.3 is 11.9 Å². The molecule has 0 fully saturated rings. The molecule has 0 aromatic rings. The van der Waals surface area contributed by atoms with Gasteiger partial charge in [-0.2, -0.15) is 0 Å². The van der Waals surface area contributed by atoms with Crippen molar-refractivity contribution >= 4 is 11.9 Å². The zero-order chi connectivity index (χ0) is 13.0. The molecule has 16 heavy (non-hydrogen) atoms. The van der Waals surface area contributed by atoms with Crippen LogP contribution in [0.4, 0.5) is 0 Å². The van der Waals surface area contributed by atoms with E-state index >= 15 is 0 Å². The first-order chi connectivity index (χ1) is 7.47. The third-order valence-electron chi connectivity index (χ3n) is 1.78. The molecule has 0 aromatic heterocycles. The average molecular weight is 231 g/mol. The van der Waals surface area contributed by atoms with Crippen molar-refractivity contribution in [2.24, 2.45) is 0 Å². The van der Waals surface area contributed by atoms with Crippen molar-refractivity contribution in [1.82, 2.24) is 4.90 Å². The van der Waals surface area contributed by atoms with Crippen LogP contribution in [-0.4, -0.2) is 48.2 Å². The molecule has 5 nitrogen and oxygen atoms in total. The number of carbonyl (C=O) groups excluding carboxylic acids is 1. The summed E-state index contributed by atoms with van der Waals surface area (Å²) in [7, 11) is 0. The minimum atomic E-state index is -0.981. The molecule has 94 valence electrons. The van der Waals surface area contributed by atoms with E-state index in [1.54, 1.807) is 0 Å². The van der Waals surface area contributed by atoms with Crippen molar-refractivity contribution < 1.29 is 19.4 Å². The van der Waals surface area contributed by atoms with Gasteiger partial charge in [0.1, 0.15) is 6.61 Å². The highest BCUT2D eigenvalue weighted by Gasteiger charge is 1.98. The van der Waals surface area contributed by atoms with Crippen molar-refractivity contribution in [2.75, 3.05) is 26.2 Å². The largest absolute Gasteiger partial charge is 0.478 e. The molecule has 1 N–H and O–H groups in total. The van der Waals surface area contributed by atoms with Crippen molar-refractivity contribution in [1.29, 1.82) is 0 Å². The van der Waals surface area contributed by atoms with Crippen molar-refractivity contribution in [2.45, 2.75) is 20.8 Å². The van der Waals surface area contributed by atoms with Crippen LogP contribution < -0.4 is 0 Å². The monoisotopic (exact) mass is 231 g/mol. The molecular formula is C11H21NO4. The molecule has 0 saturated heterocycles. The van der Waals surface area contributed by atoms with E-state index < -0.39 is 5.97 Å². The number of aliphatic carboxylic acids is 1. The van der Waals surface area contributed by atoms with Crippen LogP contribution in [0.5, 0.6) is 0 Å². The minimum absolute atomic E-state index is 0.197. The van der Waals surface area contributed by atoms with Gasteiger partial charge in [-0.05, 0) is 13.1 Å². The van der Waals surface area contributed by atoms with Crippen molar-refractivity contribution in [3.63, 3.8) is 0 Å². The van der Waals surface area contributed by atoms with E-state index in [9.17, 15) is 9.59 Å². The molecule has 0 atom stereocenters. The number of hydrogen-bond donors (Lipinski definition) is 1. The topological polar surface area (TPSA) is 66.8 Å². The zero-order valence-corrected chi connectivity index (χ0v) is 10.2. The Kier molecular flexibility index (Phi) is 12.5. The number of ether oxygens (including phenoxy) is 1. The van der Waals surface area contributed by atoms with Gasteiger partial charge in [-0.1, -0.05) is 20.4 Å². The Hall–Kier alpha value is -1.36. The number of rotatable bonds is 6. The number of carboxylic acids is 1. The summed E-state index contributed by atoms with van der Waals surface area (Å²) in [5.41, 5.74) is 0. The lowest BCUT2D eigenvalue weighted by Gasteiger charge is -2.16. The van der Waals surface area contributed by atoms with E-state index in [1.165, 1.54) is 6.92 Å².